The number of benzene rings is 1. The minimum Gasteiger partial charge on any atom is -0.462 e. The Morgan fingerprint density at radius 2 is 2.05 bits per heavy atom. The zero-order chi connectivity index (χ0) is 26.9. The van der Waals surface area contributed by atoms with E-state index in [1.54, 1.807) is 31.4 Å². The first-order valence-corrected chi connectivity index (χ1v) is 12.5. The molecule has 0 fully saturated rings. The number of nitrogens with one attached hydrogen (secondary N) is 1. The lowest BCUT2D eigenvalue weighted by atomic mass is 10.1. The number of carbonyl (C=O) groups excluding carboxylic acids is 2. The number of thiazole rings is 1. The Morgan fingerprint density at radius 1 is 1.27 bits per heavy atom. The van der Waals surface area contributed by atoms with Crippen LogP contribution in [-0.2, 0) is 14.2 Å². The van der Waals surface area contributed by atoms with Gasteiger partial charge in [0.15, 0.2) is 0 Å². The van der Waals surface area contributed by atoms with Crippen LogP contribution in [0.1, 0.15) is 37.5 Å². The molecule has 0 saturated heterocycles. The van der Waals surface area contributed by atoms with Crippen molar-refractivity contribution in [1.82, 2.24) is 4.98 Å². The van der Waals surface area contributed by atoms with Crippen molar-refractivity contribution in [2.45, 2.75) is 13.8 Å². The monoisotopic (exact) mass is 542 g/mol. The molecule has 1 aromatic carbocycles. The van der Waals surface area contributed by atoms with Crippen molar-refractivity contribution in [1.29, 1.82) is 5.26 Å². The predicted molar refractivity (Wildman–Crippen MR) is 139 cm³/mol. The van der Waals surface area contributed by atoms with E-state index in [-0.39, 0.29) is 41.5 Å². The summed E-state index contributed by atoms with van der Waals surface area (Å²) in [4.78, 5) is 40.4. The van der Waals surface area contributed by atoms with Crippen molar-refractivity contribution < 1.29 is 28.7 Å². The van der Waals surface area contributed by atoms with Crippen LogP contribution >= 0.6 is 22.7 Å². The summed E-state index contributed by atoms with van der Waals surface area (Å²) in [5, 5.41) is 26.1. The predicted octanol–water partition coefficient (Wildman–Crippen LogP) is 5.04. The van der Waals surface area contributed by atoms with Crippen molar-refractivity contribution in [2.24, 2.45) is 0 Å². The maximum atomic E-state index is 12.6. The first-order valence-electron chi connectivity index (χ1n) is 10.8. The molecule has 0 spiro atoms. The highest BCUT2D eigenvalue weighted by atomic mass is 32.1. The third-order valence-corrected chi connectivity index (χ3v) is 6.97. The average Bonchev–Trinajstić information content (AvgIpc) is 3.50. The molecular formula is C24H22N4O7S2. The summed E-state index contributed by atoms with van der Waals surface area (Å²) in [5.41, 5.74) is 1.66. The number of nitro groups is 1. The van der Waals surface area contributed by atoms with Gasteiger partial charge < -0.3 is 19.5 Å². The second-order valence-corrected chi connectivity index (χ2v) is 9.15. The van der Waals surface area contributed by atoms with Gasteiger partial charge in [-0.15, -0.1) is 22.7 Å². The fourth-order valence-electron chi connectivity index (χ4n) is 3.13. The molecule has 0 radical (unpaired) electrons. The smallest absolute Gasteiger partial charge is 0.348 e. The van der Waals surface area contributed by atoms with Crippen molar-refractivity contribution in [3.05, 3.63) is 67.0 Å². The standard InChI is InChI=1S/C24H22N4O7S2/c1-4-34-23(29)19-14(2)20(24(30)35-9-8-33-3)37-22(19)26-12-16(11-25)21-27-18(13-36-21)15-6-5-7-17(10-15)28(31)32/h5-7,10,12-13,26H,4,8-9H2,1-3H3. The lowest BCUT2D eigenvalue weighted by Crippen LogP contribution is -2.11. The van der Waals surface area contributed by atoms with E-state index in [4.69, 9.17) is 14.2 Å². The van der Waals surface area contributed by atoms with Crippen molar-refractivity contribution >= 4 is 50.9 Å². The van der Waals surface area contributed by atoms with Crippen LogP contribution in [0.4, 0.5) is 10.7 Å². The Kier molecular flexibility index (Phi) is 9.45. The molecule has 2 heterocycles. The third kappa shape index (κ3) is 6.56. The average molecular weight is 543 g/mol. The van der Waals surface area contributed by atoms with Crippen molar-refractivity contribution in [3.8, 4) is 17.3 Å². The van der Waals surface area contributed by atoms with E-state index >= 15 is 0 Å². The number of nitro benzene ring substituents is 1. The molecule has 0 aliphatic rings. The summed E-state index contributed by atoms with van der Waals surface area (Å²) in [6, 6.07) is 8.09. The van der Waals surface area contributed by atoms with Crippen LogP contribution in [0, 0.1) is 28.4 Å². The van der Waals surface area contributed by atoms with Gasteiger partial charge in [-0.1, -0.05) is 12.1 Å². The second kappa shape index (κ2) is 12.7. The summed E-state index contributed by atoms with van der Waals surface area (Å²) in [5.74, 6) is -1.23. The summed E-state index contributed by atoms with van der Waals surface area (Å²) >= 11 is 2.18. The molecule has 13 heteroatoms. The van der Waals surface area contributed by atoms with Crippen LogP contribution in [0.25, 0.3) is 16.8 Å². The summed E-state index contributed by atoms with van der Waals surface area (Å²) < 4.78 is 15.2. The molecule has 1 N–H and O–H groups in total. The topological polar surface area (TPSA) is 154 Å². The molecule has 0 amide bonds. The van der Waals surface area contributed by atoms with Crippen LogP contribution in [0.2, 0.25) is 0 Å². The summed E-state index contributed by atoms with van der Waals surface area (Å²) in [7, 11) is 1.49. The number of hydrogen-bond acceptors (Lipinski definition) is 12. The molecule has 2 aromatic heterocycles. The quantitative estimate of drug-likeness (QED) is 0.114. The highest BCUT2D eigenvalue weighted by Gasteiger charge is 2.26. The van der Waals surface area contributed by atoms with Gasteiger partial charge in [-0.2, -0.15) is 5.26 Å². The first-order chi connectivity index (χ1) is 17.8. The number of thiophene rings is 1. The van der Waals surface area contributed by atoms with Crippen LogP contribution in [0.15, 0.2) is 35.8 Å². The number of anilines is 1. The number of non-ortho nitro benzene ring substituents is 1. The second-order valence-electron chi connectivity index (χ2n) is 7.27. The van der Waals surface area contributed by atoms with Gasteiger partial charge in [0.1, 0.15) is 33.1 Å². The number of carbonyl (C=O) groups is 2. The van der Waals surface area contributed by atoms with E-state index in [2.05, 4.69) is 16.4 Å². The molecule has 3 aromatic rings. The van der Waals surface area contributed by atoms with E-state index in [0.717, 1.165) is 11.3 Å². The Bertz CT molecular complexity index is 1390. The molecule has 3 rings (SSSR count). The van der Waals surface area contributed by atoms with Crippen LogP contribution in [0.5, 0.6) is 0 Å². The number of aromatic nitrogens is 1. The highest BCUT2D eigenvalue weighted by Crippen LogP contribution is 2.35. The number of nitrogens with zero attached hydrogens (tertiary/aromatic N) is 3. The Balaban J connectivity index is 1.91. The molecule has 0 saturated carbocycles. The van der Waals surface area contributed by atoms with Gasteiger partial charge in [0, 0.05) is 36.4 Å². The van der Waals surface area contributed by atoms with E-state index < -0.39 is 16.9 Å². The number of nitriles is 1. The van der Waals surface area contributed by atoms with Gasteiger partial charge in [-0.3, -0.25) is 10.1 Å². The lowest BCUT2D eigenvalue weighted by Gasteiger charge is -2.05. The molecular weight excluding hydrogens is 520 g/mol. The number of allylic oxidation sites excluding steroid dienone is 1. The minimum absolute atomic E-state index is 0.0552. The first kappa shape index (κ1) is 27.5. The third-order valence-electron chi connectivity index (χ3n) is 4.89. The molecule has 0 aliphatic carbocycles. The number of hydrogen-bond donors (Lipinski definition) is 1. The maximum absolute atomic E-state index is 12.6. The van der Waals surface area contributed by atoms with Crippen LogP contribution in [0.3, 0.4) is 0 Å². The number of esters is 2. The van der Waals surface area contributed by atoms with Crippen LogP contribution in [-0.4, -0.2) is 48.8 Å². The molecule has 0 aliphatic heterocycles. The fourth-order valence-corrected chi connectivity index (χ4v) is 4.98. The van der Waals surface area contributed by atoms with Crippen molar-refractivity contribution in [2.75, 3.05) is 32.2 Å². The number of ether oxygens (including phenoxy) is 3. The van der Waals surface area contributed by atoms with E-state index in [1.807, 2.05) is 0 Å². The number of methoxy groups -OCH3 is 1. The van der Waals surface area contributed by atoms with Gasteiger partial charge >= 0.3 is 11.9 Å². The maximum Gasteiger partial charge on any atom is 0.348 e. The summed E-state index contributed by atoms with van der Waals surface area (Å²) in [6.45, 7) is 3.70. The molecule has 0 atom stereocenters. The molecule has 11 nitrogen and oxygen atoms in total. The van der Waals surface area contributed by atoms with Gasteiger partial charge in [-0.25, -0.2) is 14.6 Å². The van der Waals surface area contributed by atoms with Gasteiger partial charge in [0.05, 0.1) is 29.4 Å². The van der Waals surface area contributed by atoms with Crippen molar-refractivity contribution in [3.63, 3.8) is 0 Å². The molecule has 37 heavy (non-hydrogen) atoms. The van der Waals surface area contributed by atoms with E-state index in [1.165, 1.54) is 36.8 Å². The van der Waals surface area contributed by atoms with Gasteiger partial charge in [0.25, 0.3) is 5.69 Å². The van der Waals surface area contributed by atoms with Gasteiger partial charge in [-0.05, 0) is 19.4 Å². The molecule has 0 bridgehead atoms. The normalized spacial score (nSPS) is 11.0. The van der Waals surface area contributed by atoms with E-state index in [0.29, 0.717) is 26.8 Å². The lowest BCUT2D eigenvalue weighted by molar-refractivity contribution is -0.384. The molecule has 192 valence electrons. The minimum atomic E-state index is -0.621. The number of rotatable bonds is 11. The molecule has 0 unspecified atom stereocenters. The zero-order valence-electron chi connectivity index (χ0n) is 20.1. The SMILES string of the molecule is CCOC(=O)c1c(NC=C(C#N)c2nc(-c3cccc([N+](=O)[O-])c3)cs2)sc(C(=O)OCCOC)c1C. The Hall–Kier alpha value is -4.12. The largest absolute Gasteiger partial charge is 0.462 e. The highest BCUT2D eigenvalue weighted by molar-refractivity contribution is 7.18. The zero-order valence-corrected chi connectivity index (χ0v) is 21.7. The Morgan fingerprint density at radius 3 is 2.73 bits per heavy atom. The fraction of sp³-hybridized carbons (Fsp3) is 0.250. The van der Waals surface area contributed by atoms with Gasteiger partial charge in [0.2, 0.25) is 0 Å². The summed E-state index contributed by atoms with van der Waals surface area (Å²) in [6.07, 6.45) is 1.38. The van der Waals surface area contributed by atoms with Crippen LogP contribution < -0.4 is 5.32 Å². The Labute approximate surface area is 220 Å². The van der Waals surface area contributed by atoms with E-state index in [9.17, 15) is 25.0 Å².